The Morgan fingerprint density at radius 3 is 3.00 bits per heavy atom. The van der Waals surface area contributed by atoms with Crippen LogP contribution in [0.4, 0.5) is 0 Å². The van der Waals surface area contributed by atoms with E-state index in [2.05, 4.69) is 33.6 Å². The molecule has 5 rings (SSSR count). The largest absolute Gasteiger partial charge is 0.486 e. The van der Waals surface area contributed by atoms with E-state index in [1.54, 1.807) is 0 Å². The topological polar surface area (TPSA) is 83.0 Å². The molecule has 6 nitrogen and oxygen atoms in total. The summed E-state index contributed by atoms with van der Waals surface area (Å²) in [6.45, 7) is 4.20. The highest BCUT2D eigenvalue weighted by atomic mass is 16.6. The fraction of sp³-hybridized carbons (Fsp3) is 0.308. The lowest BCUT2D eigenvalue weighted by molar-refractivity contribution is 0.0925. The van der Waals surface area contributed by atoms with Gasteiger partial charge in [0.25, 0.3) is 0 Å². The zero-order chi connectivity index (χ0) is 21.9. The fourth-order valence-corrected chi connectivity index (χ4v) is 4.26. The molecule has 2 N–H and O–H groups in total. The lowest BCUT2D eigenvalue weighted by Crippen LogP contribution is -2.38. The van der Waals surface area contributed by atoms with Gasteiger partial charge in [0.1, 0.15) is 12.7 Å². The van der Waals surface area contributed by atoms with Crippen molar-refractivity contribution in [2.75, 3.05) is 19.7 Å². The number of unbranched alkanes of at least 4 members (excludes halogenated alkanes) is 1. The normalized spacial score (nSPS) is 15.2. The molecule has 0 amide bonds. The number of aromatic nitrogens is 2. The number of pyridine rings is 1. The molecule has 6 heteroatoms. The van der Waals surface area contributed by atoms with E-state index in [0.29, 0.717) is 12.2 Å². The van der Waals surface area contributed by atoms with Crippen molar-refractivity contribution in [1.29, 1.82) is 5.26 Å². The van der Waals surface area contributed by atoms with Gasteiger partial charge >= 0.3 is 0 Å². The van der Waals surface area contributed by atoms with Crippen LogP contribution >= 0.6 is 0 Å². The lowest BCUT2D eigenvalue weighted by Gasteiger charge is -2.27. The standard InChI is InChI=1S/C26H26N4O2/c1-17-5-7-21-24(30-17)9-10-25-26(21)32-20(16-31-25)15-28-11-3-2-4-19-14-29-23-8-6-18(13-27)12-22(19)23/h5-10,12,14,20,28-29H,2-4,11,15-16H2,1H3/t20-/m0/s1. The smallest absolute Gasteiger partial charge is 0.171 e. The van der Waals surface area contributed by atoms with Gasteiger partial charge in [-0.25, -0.2) is 0 Å². The van der Waals surface area contributed by atoms with Gasteiger partial charge in [-0.15, -0.1) is 0 Å². The van der Waals surface area contributed by atoms with Crippen LogP contribution in [0.25, 0.3) is 21.8 Å². The molecule has 0 fully saturated rings. The molecule has 0 saturated heterocycles. The summed E-state index contributed by atoms with van der Waals surface area (Å²) in [6.07, 6.45) is 5.18. The van der Waals surface area contributed by atoms with E-state index in [1.807, 2.05) is 43.3 Å². The number of fused-ring (bicyclic) bond motifs is 4. The van der Waals surface area contributed by atoms with Crippen LogP contribution in [0.1, 0.15) is 29.7 Å². The zero-order valence-electron chi connectivity index (χ0n) is 18.1. The highest BCUT2D eigenvalue weighted by Gasteiger charge is 2.23. The third-order valence-electron chi connectivity index (χ3n) is 5.95. The molecule has 0 radical (unpaired) electrons. The Morgan fingerprint density at radius 2 is 2.09 bits per heavy atom. The van der Waals surface area contributed by atoms with Crippen molar-refractivity contribution in [3.8, 4) is 17.6 Å². The summed E-state index contributed by atoms with van der Waals surface area (Å²) in [5.74, 6) is 1.59. The summed E-state index contributed by atoms with van der Waals surface area (Å²) in [5, 5.41) is 14.8. The highest BCUT2D eigenvalue weighted by molar-refractivity contribution is 5.88. The Hall–Kier alpha value is -3.56. The predicted octanol–water partition coefficient (Wildman–Crippen LogP) is 4.65. The Bertz CT molecular complexity index is 1300. The molecular weight excluding hydrogens is 400 g/mol. The van der Waals surface area contributed by atoms with Crippen molar-refractivity contribution in [3.05, 3.63) is 65.5 Å². The van der Waals surface area contributed by atoms with Gasteiger partial charge in [0.2, 0.25) is 0 Å². The maximum absolute atomic E-state index is 9.13. The summed E-state index contributed by atoms with van der Waals surface area (Å²) >= 11 is 0. The number of ether oxygens (including phenoxy) is 2. The van der Waals surface area contributed by atoms with Gasteiger partial charge in [-0.2, -0.15) is 5.26 Å². The quantitative estimate of drug-likeness (QED) is 0.421. The summed E-state index contributed by atoms with van der Waals surface area (Å²) < 4.78 is 12.2. The number of hydrogen-bond acceptors (Lipinski definition) is 5. The van der Waals surface area contributed by atoms with E-state index >= 15 is 0 Å². The van der Waals surface area contributed by atoms with Crippen LogP contribution < -0.4 is 14.8 Å². The minimum Gasteiger partial charge on any atom is -0.486 e. The number of nitrogens with zero attached hydrogens (tertiary/aromatic N) is 2. The third kappa shape index (κ3) is 4.12. The molecule has 0 unspecified atom stereocenters. The van der Waals surface area contributed by atoms with E-state index in [-0.39, 0.29) is 6.10 Å². The van der Waals surface area contributed by atoms with Crippen LogP contribution in [-0.4, -0.2) is 35.8 Å². The molecular formula is C26H26N4O2. The molecule has 2 aromatic heterocycles. The van der Waals surface area contributed by atoms with Crippen LogP contribution in [0.5, 0.6) is 11.5 Å². The monoisotopic (exact) mass is 426 g/mol. The van der Waals surface area contributed by atoms with Gasteiger partial charge < -0.3 is 19.8 Å². The average molecular weight is 427 g/mol. The molecule has 1 aliphatic heterocycles. The van der Waals surface area contributed by atoms with Crippen LogP contribution in [0.3, 0.4) is 0 Å². The summed E-state index contributed by atoms with van der Waals surface area (Å²) in [5.41, 5.74) is 4.99. The first-order valence-electron chi connectivity index (χ1n) is 11.1. The minimum absolute atomic E-state index is 0.0209. The Kier molecular flexibility index (Phi) is 5.66. The van der Waals surface area contributed by atoms with Gasteiger partial charge in [-0.05, 0) is 80.8 Å². The molecule has 0 aliphatic carbocycles. The maximum Gasteiger partial charge on any atom is 0.171 e. The Balaban J connectivity index is 1.11. The molecule has 0 spiro atoms. The van der Waals surface area contributed by atoms with Crippen molar-refractivity contribution in [3.63, 3.8) is 0 Å². The lowest BCUT2D eigenvalue weighted by atomic mass is 10.1. The Morgan fingerprint density at radius 1 is 1.16 bits per heavy atom. The van der Waals surface area contributed by atoms with Gasteiger partial charge in [0.15, 0.2) is 11.5 Å². The van der Waals surface area contributed by atoms with Crippen molar-refractivity contribution < 1.29 is 9.47 Å². The third-order valence-corrected chi connectivity index (χ3v) is 5.95. The number of benzene rings is 2. The van der Waals surface area contributed by atoms with Crippen LogP contribution in [0.2, 0.25) is 0 Å². The second-order valence-corrected chi connectivity index (χ2v) is 8.31. The van der Waals surface area contributed by atoms with Crippen LogP contribution in [-0.2, 0) is 6.42 Å². The predicted molar refractivity (Wildman–Crippen MR) is 125 cm³/mol. The zero-order valence-corrected chi connectivity index (χ0v) is 18.1. The van der Waals surface area contributed by atoms with Crippen LogP contribution in [0, 0.1) is 18.3 Å². The number of nitriles is 1. The number of H-pyrrole nitrogens is 1. The maximum atomic E-state index is 9.13. The summed E-state index contributed by atoms with van der Waals surface area (Å²) in [7, 11) is 0. The minimum atomic E-state index is -0.0209. The average Bonchev–Trinajstić information content (AvgIpc) is 3.22. The van der Waals surface area contributed by atoms with E-state index in [9.17, 15) is 0 Å². The van der Waals surface area contributed by atoms with Crippen LogP contribution in [0.15, 0.2) is 48.7 Å². The van der Waals surface area contributed by atoms with Gasteiger partial charge in [0.05, 0.1) is 17.1 Å². The van der Waals surface area contributed by atoms with Gasteiger partial charge in [-0.1, -0.05) is 0 Å². The highest BCUT2D eigenvalue weighted by Crippen LogP contribution is 2.38. The number of hydrogen-bond donors (Lipinski definition) is 2. The van der Waals surface area contributed by atoms with Gasteiger partial charge in [0, 0.05) is 34.7 Å². The van der Waals surface area contributed by atoms with E-state index in [4.69, 9.17) is 14.7 Å². The van der Waals surface area contributed by atoms with Crippen molar-refractivity contribution in [1.82, 2.24) is 15.3 Å². The van der Waals surface area contributed by atoms with Crippen molar-refractivity contribution in [2.45, 2.75) is 32.3 Å². The molecule has 4 aromatic rings. The van der Waals surface area contributed by atoms with Crippen molar-refractivity contribution >= 4 is 21.8 Å². The number of aryl methyl sites for hydroxylation is 2. The first kappa shape index (κ1) is 20.3. The first-order chi connectivity index (χ1) is 15.7. The van der Waals surface area contributed by atoms with E-state index < -0.39 is 0 Å². The van der Waals surface area contributed by atoms with E-state index in [0.717, 1.165) is 71.4 Å². The molecule has 0 bridgehead atoms. The molecule has 3 heterocycles. The molecule has 1 atom stereocenters. The van der Waals surface area contributed by atoms with E-state index in [1.165, 1.54) is 5.56 Å². The SMILES string of the molecule is Cc1ccc2c3c(ccc2n1)OC[C@H](CNCCCCc1c[nH]c2ccc(C#N)cc12)O3. The molecule has 162 valence electrons. The first-order valence-corrected chi connectivity index (χ1v) is 11.1. The molecule has 32 heavy (non-hydrogen) atoms. The molecule has 2 aromatic carbocycles. The second-order valence-electron chi connectivity index (χ2n) is 8.31. The Labute approximate surface area is 187 Å². The summed E-state index contributed by atoms with van der Waals surface area (Å²) in [4.78, 5) is 7.88. The number of rotatable bonds is 7. The second kappa shape index (κ2) is 8.89. The molecule has 1 aliphatic rings. The number of nitrogens with one attached hydrogen (secondary N) is 2. The van der Waals surface area contributed by atoms with Gasteiger partial charge in [-0.3, -0.25) is 4.98 Å². The fourth-order valence-electron chi connectivity index (χ4n) is 4.26. The molecule has 0 saturated carbocycles. The summed E-state index contributed by atoms with van der Waals surface area (Å²) in [6, 6.07) is 16.0. The number of aromatic amines is 1. The van der Waals surface area contributed by atoms with Crippen molar-refractivity contribution in [2.24, 2.45) is 0 Å².